The van der Waals surface area contributed by atoms with Crippen molar-refractivity contribution in [2.75, 3.05) is 19.7 Å². The zero-order valence-corrected chi connectivity index (χ0v) is 13.0. The fourth-order valence-electron chi connectivity index (χ4n) is 2.60. The van der Waals surface area contributed by atoms with Gasteiger partial charge in [-0.05, 0) is 19.9 Å². The predicted octanol–water partition coefficient (Wildman–Crippen LogP) is 1.04. The van der Waals surface area contributed by atoms with Crippen LogP contribution in [0.25, 0.3) is 0 Å². The number of rotatable bonds is 2. The molecule has 0 N–H and O–H groups in total. The molecule has 0 saturated carbocycles. The predicted molar refractivity (Wildman–Crippen MR) is 79.3 cm³/mol. The maximum absolute atomic E-state index is 12.5. The molecule has 1 aliphatic rings. The van der Waals surface area contributed by atoms with Crippen LogP contribution in [0.15, 0.2) is 18.5 Å². The number of imidazole rings is 1. The SMILES string of the molecule is Cc1cc(C)nc([C@H]2CN(C(=O)c3nccn3C)CCO2)n1. The monoisotopic (exact) mass is 301 g/mol. The van der Waals surface area contributed by atoms with Gasteiger partial charge >= 0.3 is 0 Å². The maximum Gasteiger partial charge on any atom is 0.290 e. The molecular weight excluding hydrogens is 282 g/mol. The quantitative estimate of drug-likeness (QED) is 0.828. The molecule has 0 aliphatic carbocycles. The Kier molecular flexibility index (Phi) is 3.89. The summed E-state index contributed by atoms with van der Waals surface area (Å²) in [6, 6.07) is 1.92. The molecule has 1 aliphatic heterocycles. The van der Waals surface area contributed by atoms with Crippen LogP contribution in [0, 0.1) is 13.8 Å². The Morgan fingerprint density at radius 3 is 2.68 bits per heavy atom. The molecule has 3 heterocycles. The van der Waals surface area contributed by atoms with E-state index >= 15 is 0 Å². The first-order valence-corrected chi connectivity index (χ1v) is 7.25. The number of morpholine rings is 1. The molecule has 0 unspecified atom stereocenters. The standard InChI is InChI=1S/C15H19N5O2/c1-10-8-11(2)18-13(17-10)12-9-20(6-7-22-12)15(21)14-16-4-5-19(14)3/h4-5,8,12H,6-7,9H2,1-3H3/t12-/m1/s1. The fourth-order valence-corrected chi connectivity index (χ4v) is 2.60. The number of carbonyl (C=O) groups excluding carboxylic acids is 1. The largest absolute Gasteiger partial charge is 0.367 e. The van der Waals surface area contributed by atoms with Gasteiger partial charge in [-0.25, -0.2) is 15.0 Å². The van der Waals surface area contributed by atoms with Crippen LogP contribution >= 0.6 is 0 Å². The third-order valence-electron chi connectivity index (χ3n) is 3.65. The van der Waals surface area contributed by atoms with Crippen molar-refractivity contribution in [3.05, 3.63) is 41.5 Å². The molecule has 2 aromatic heterocycles. The van der Waals surface area contributed by atoms with Gasteiger partial charge in [-0.2, -0.15) is 0 Å². The summed E-state index contributed by atoms with van der Waals surface area (Å²) in [6.07, 6.45) is 3.09. The first-order valence-electron chi connectivity index (χ1n) is 7.25. The van der Waals surface area contributed by atoms with Crippen molar-refractivity contribution in [1.82, 2.24) is 24.4 Å². The number of aryl methyl sites for hydroxylation is 3. The molecule has 0 spiro atoms. The van der Waals surface area contributed by atoms with Crippen molar-refractivity contribution in [3.8, 4) is 0 Å². The van der Waals surface area contributed by atoms with Gasteiger partial charge in [0.2, 0.25) is 0 Å². The molecule has 0 aromatic carbocycles. The van der Waals surface area contributed by atoms with Crippen molar-refractivity contribution < 1.29 is 9.53 Å². The van der Waals surface area contributed by atoms with Crippen molar-refractivity contribution >= 4 is 5.91 Å². The lowest BCUT2D eigenvalue weighted by molar-refractivity contribution is -0.0274. The molecule has 1 amide bonds. The van der Waals surface area contributed by atoms with Crippen molar-refractivity contribution in [2.45, 2.75) is 20.0 Å². The van der Waals surface area contributed by atoms with Crippen LogP contribution in [0.2, 0.25) is 0 Å². The average Bonchev–Trinajstić information content (AvgIpc) is 2.92. The minimum atomic E-state index is -0.295. The van der Waals surface area contributed by atoms with Gasteiger partial charge < -0.3 is 14.2 Å². The summed E-state index contributed by atoms with van der Waals surface area (Å²) >= 11 is 0. The lowest BCUT2D eigenvalue weighted by Gasteiger charge is -2.32. The normalized spacial score (nSPS) is 18.5. The Morgan fingerprint density at radius 1 is 1.32 bits per heavy atom. The van der Waals surface area contributed by atoms with E-state index < -0.39 is 0 Å². The maximum atomic E-state index is 12.5. The van der Waals surface area contributed by atoms with Gasteiger partial charge in [-0.15, -0.1) is 0 Å². The number of aromatic nitrogens is 4. The van der Waals surface area contributed by atoms with Gasteiger partial charge in [0, 0.05) is 37.4 Å². The minimum Gasteiger partial charge on any atom is -0.367 e. The molecule has 0 radical (unpaired) electrons. The second kappa shape index (κ2) is 5.84. The van der Waals surface area contributed by atoms with Crippen LogP contribution in [0.5, 0.6) is 0 Å². The molecule has 7 heteroatoms. The number of hydrogen-bond acceptors (Lipinski definition) is 5. The van der Waals surface area contributed by atoms with Crippen LogP contribution in [-0.4, -0.2) is 50.0 Å². The second-order valence-electron chi connectivity index (χ2n) is 5.48. The molecule has 22 heavy (non-hydrogen) atoms. The lowest BCUT2D eigenvalue weighted by atomic mass is 10.2. The number of nitrogens with zero attached hydrogens (tertiary/aromatic N) is 5. The summed E-state index contributed by atoms with van der Waals surface area (Å²) in [5.74, 6) is 0.974. The summed E-state index contributed by atoms with van der Waals surface area (Å²) in [7, 11) is 1.81. The molecule has 0 bridgehead atoms. The fraction of sp³-hybridized carbons (Fsp3) is 0.467. The van der Waals surface area contributed by atoms with Crippen molar-refractivity contribution in [1.29, 1.82) is 0 Å². The second-order valence-corrected chi connectivity index (χ2v) is 5.48. The lowest BCUT2D eigenvalue weighted by Crippen LogP contribution is -2.43. The van der Waals surface area contributed by atoms with Crippen LogP contribution in [0.4, 0.5) is 0 Å². The molecule has 1 atom stereocenters. The molecule has 116 valence electrons. The van der Waals surface area contributed by atoms with Gasteiger partial charge in [0.1, 0.15) is 6.10 Å². The number of ether oxygens (including phenoxy) is 1. The van der Waals surface area contributed by atoms with E-state index in [1.807, 2.05) is 27.0 Å². The van der Waals surface area contributed by atoms with Crippen LogP contribution < -0.4 is 0 Å². The van der Waals surface area contributed by atoms with Crippen LogP contribution in [-0.2, 0) is 11.8 Å². The zero-order chi connectivity index (χ0) is 15.7. The highest BCUT2D eigenvalue weighted by Crippen LogP contribution is 2.21. The Balaban J connectivity index is 1.79. The Labute approximate surface area is 129 Å². The van der Waals surface area contributed by atoms with Gasteiger partial charge in [0.15, 0.2) is 11.6 Å². The molecule has 2 aromatic rings. The molecule has 1 fully saturated rings. The van der Waals surface area contributed by atoms with E-state index in [4.69, 9.17) is 4.74 Å². The van der Waals surface area contributed by atoms with Crippen molar-refractivity contribution in [3.63, 3.8) is 0 Å². The van der Waals surface area contributed by atoms with E-state index in [-0.39, 0.29) is 12.0 Å². The van der Waals surface area contributed by atoms with E-state index in [0.717, 1.165) is 11.4 Å². The third-order valence-corrected chi connectivity index (χ3v) is 3.65. The summed E-state index contributed by atoms with van der Waals surface area (Å²) in [6.45, 7) is 5.31. The van der Waals surface area contributed by atoms with E-state index in [1.165, 1.54) is 0 Å². The van der Waals surface area contributed by atoms with Crippen LogP contribution in [0.3, 0.4) is 0 Å². The zero-order valence-electron chi connectivity index (χ0n) is 13.0. The van der Waals surface area contributed by atoms with Gasteiger partial charge in [-0.3, -0.25) is 4.79 Å². The highest BCUT2D eigenvalue weighted by atomic mass is 16.5. The van der Waals surface area contributed by atoms with E-state index in [0.29, 0.717) is 31.3 Å². The number of amides is 1. The van der Waals surface area contributed by atoms with Gasteiger partial charge in [0.05, 0.1) is 13.2 Å². The summed E-state index contributed by atoms with van der Waals surface area (Å²) in [4.78, 5) is 27.3. The van der Waals surface area contributed by atoms with Crippen LogP contribution in [0.1, 0.15) is 33.9 Å². The number of hydrogen-bond donors (Lipinski definition) is 0. The molecule has 3 rings (SSSR count). The molecule has 1 saturated heterocycles. The summed E-state index contributed by atoms with van der Waals surface area (Å²) in [5, 5.41) is 0. The van der Waals surface area contributed by atoms with E-state index in [1.54, 1.807) is 21.9 Å². The van der Waals surface area contributed by atoms with Gasteiger partial charge in [0.25, 0.3) is 5.91 Å². The number of carbonyl (C=O) groups is 1. The highest BCUT2D eigenvalue weighted by molar-refractivity contribution is 5.90. The minimum absolute atomic E-state index is 0.0924. The van der Waals surface area contributed by atoms with Gasteiger partial charge in [-0.1, -0.05) is 0 Å². The summed E-state index contributed by atoms with van der Waals surface area (Å²) in [5.41, 5.74) is 1.80. The molecular formula is C15H19N5O2. The Bertz CT molecular complexity index is 677. The van der Waals surface area contributed by atoms with E-state index in [9.17, 15) is 4.79 Å². The summed E-state index contributed by atoms with van der Waals surface area (Å²) < 4.78 is 7.48. The Morgan fingerprint density at radius 2 is 2.05 bits per heavy atom. The van der Waals surface area contributed by atoms with E-state index in [2.05, 4.69) is 15.0 Å². The Hall–Kier alpha value is -2.28. The highest BCUT2D eigenvalue weighted by Gasteiger charge is 2.29. The first-order chi connectivity index (χ1) is 10.5. The first kappa shape index (κ1) is 14.6. The van der Waals surface area contributed by atoms with Crippen molar-refractivity contribution in [2.24, 2.45) is 7.05 Å². The average molecular weight is 301 g/mol. The molecule has 7 nitrogen and oxygen atoms in total. The topological polar surface area (TPSA) is 73.1 Å². The smallest absolute Gasteiger partial charge is 0.290 e. The third kappa shape index (κ3) is 2.85.